The molecule has 0 bridgehead atoms. The maximum Gasteiger partial charge on any atom is 0.153 e. The average molecular weight is 193 g/mol. The Morgan fingerprint density at radius 3 is 2.58 bits per heavy atom. The predicted molar refractivity (Wildman–Crippen MR) is 46.4 cm³/mol. The summed E-state index contributed by atoms with van der Waals surface area (Å²) < 4.78 is 22.5. The second kappa shape index (κ2) is 3.32. The molecule has 0 saturated carbocycles. The summed E-state index contributed by atoms with van der Waals surface area (Å²) >= 11 is 0. The van der Waals surface area contributed by atoms with Gasteiger partial charge in [-0.05, 0) is 19.3 Å². The predicted octanol–water partition coefficient (Wildman–Crippen LogP) is -0.871. The van der Waals surface area contributed by atoms with Crippen molar-refractivity contribution in [3.05, 3.63) is 0 Å². The largest absolute Gasteiger partial charge is 0.395 e. The molecule has 0 aliphatic carbocycles. The van der Waals surface area contributed by atoms with Gasteiger partial charge in [0.05, 0.1) is 17.6 Å². The highest BCUT2D eigenvalue weighted by molar-refractivity contribution is 7.92. The van der Waals surface area contributed by atoms with Gasteiger partial charge in [-0.1, -0.05) is 0 Å². The smallest absolute Gasteiger partial charge is 0.153 e. The zero-order valence-corrected chi connectivity index (χ0v) is 7.92. The van der Waals surface area contributed by atoms with Crippen molar-refractivity contribution in [1.82, 2.24) is 0 Å². The number of hydrogen-bond acceptors (Lipinski definition) is 4. The Labute approximate surface area is 72.7 Å². The maximum atomic E-state index is 11.3. The number of aliphatic hydroxyl groups is 1. The van der Waals surface area contributed by atoms with E-state index in [9.17, 15) is 8.42 Å². The highest BCUT2D eigenvalue weighted by Gasteiger charge is 2.37. The number of rotatable bonds is 2. The molecule has 3 unspecified atom stereocenters. The van der Waals surface area contributed by atoms with Gasteiger partial charge in [0.15, 0.2) is 9.84 Å². The number of nitrogens with two attached hydrogens (primary N) is 1. The normalized spacial score (nSPS) is 36.6. The molecule has 1 saturated heterocycles. The highest BCUT2D eigenvalue weighted by Crippen LogP contribution is 2.26. The SMILES string of the molecule is CC1CC(C(N)CO)CS1(=O)=O. The highest BCUT2D eigenvalue weighted by atomic mass is 32.2. The Kier molecular flexibility index (Phi) is 2.75. The van der Waals surface area contributed by atoms with Crippen molar-refractivity contribution in [2.24, 2.45) is 11.7 Å². The number of hydrogen-bond donors (Lipinski definition) is 2. The molecule has 0 amide bonds. The van der Waals surface area contributed by atoms with Crippen LogP contribution in [0.3, 0.4) is 0 Å². The molecule has 5 heteroatoms. The van der Waals surface area contributed by atoms with Crippen molar-refractivity contribution in [3.63, 3.8) is 0 Å². The first-order valence-electron chi connectivity index (χ1n) is 4.05. The molecule has 3 N–H and O–H groups in total. The Balaban J connectivity index is 2.67. The number of sulfone groups is 1. The Morgan fingerprint density at radius 1 is 1.67 bits per heavy atom. The van der Waals surface area contributed by atoms with Gasteiger partial charge in [-0.25, -0.2) is 8.42 Å². The van der Waals surface area contributed by atoms with Crippen LogP contribution in [0, 0.1) is 5.92 Å². The third kappa shape index (κ3) is 1.78. The second-order valence-electron chi connectivity index (χ2n) is 3.48. The molecule has 4 nitrogen and oxygen atoms in total. The fourth-order valence-corrected chi connectivity index (χ4v) is 3.40. The van der Waals surface area contributed by atoms with Crippen LogP contribution in [0.15, 0.2) is 0 Å². The third-order valence-corrected chi connectivity index (χ3v) is 4.82. The lowest BCUT2D eigenvalue weighted by atomic mass is 9.99. The van der Waals surface area contributed by atoms with Gasteiger partial charge in [-0.15, -0.1) is 0 Å². The van der Waals surface area contributed by atoms with Crippen molar-refractivity contribution in [2.45, 2.75) is 24.6 Å². The molecular weight excluding hydrogens is 178 g/mol. The minimum Gasteiger partial charge on any atom is -0.395 e. The molecule has 1 fully saturated rings. The van der Waals surface area contributed by atoms with Crippen molar-refractivity contribution in [3.8, 4) is 0 Å². The van der Waals surface area contributed by atoms with Crippen LogP contribution in [0.5, 0.6) is 0 Å². The van der Waals surface area contributed by atoms with Gasteiger partial charge in [0.2, 0.25) is 0 Å². The molecule has 1 heterocycles. The topological polar surface area (TPSA) is 80.4 Å². The molecule has 0 radical (unpaired) electrons. The summed E-state index contributed by atoms with van der Waals surface area (Å²) in [5.74, 6) is 0.0746. The average Bonchev–Trinajstić information content (AvgIpc) is 2.25. The lowest BCUT2D eigenvalue weighted by Gasteiger charge is -2.13. The molecule has 0 aromatic carbocycles. The van der Waals surface area contributed by atoms with Crippen LogP contribution in [0.25, 0.3) is 0 Å². The third-order valence-electron chi connectivity index (χ3n) is 2.51. The van der Waals surface area contributed by atoms with Gasteiger partial charge in [-0.3, -0.25) is 0 Å². The molecule has 0 aromatic rings. The lowest BCUT2D eigenvalue weighted by molar-refractivity contribution is 0.232. The molecule has 0 spiro atoms. The molecule has 3 atom stereocenters. The van der Waals surface area contributed by atoms with E-state index in [4.69, 9.17) is 10.8 Å². The van der Waals surface area contributed by atoms with Crippen LogP contribution in [-0.4, -0.2) is 37.2 Å². The van der Waals surface area contributed by atoms with Gasteiger partial charge in [-0.2, -0.15) is 0 Å². The van der Waals surface area contributed by atoms with Crippen LogP contribution in [0.4, 0.5) is 0 Å². The van der Waals surface area contributed by atoms with Crippen molar-refractivity contribution >= 4 is 9.84 Å². The fourth-order valence-electron chi connectivity index (χ4n) is 1.55. The summed E-state index contributed by atoms with van der Waals surface area (Å²) in [4.78, 5) is 0. The van der Waals surface area contributed by atoms with Gasteiger partial charge in [0, 0.05) is 6.04 Å². The summed E-state index contributed by atoms with van der Waals surface area (Å²) in [5, 5.41) is 8.44. The maximum absolute atomic E-state index is 11.3. The minimum atomic E-state index is -2.92. The first-order chi connectivity index (χ1) is 5.47. The van der Waals surface area contributed by atoms with E-state index >= 15 is 0 Å². The molecule has 72 valence electrons. The van der Waals surface area contributed by atoms with E-state index in [1.54, 1.807) is 6.92 Å². The van der Waals surface area contributed by atoms with E-state index in [0.29, 0.717) is 6.42 Å². The standard InChI is InChI=1S/C7H15NO3S/c1-5-2-6(7(8)3-9)4-12(5,10)11/h5-7,9H,2-4,8H2,1H3. The molecule has 1 rings (SSSR count). The van der Waals surface area contributed by atoms with E-state index in [1.807, 2.05) is 0 Å². The Morgan fingerprint density at radius 2 is 2.25 bits per heavy atom. The van der Waals surface area contributed by atoms with Gasteiger partial charge in [0.1, 0.15) is 0 Å². The Hall–Kier alpha value is -0.130. The summed E-state index contributed by atoms with van der Waals surface area (Å²) in [6.07, 6.45) is 0.587. The minimum absolute atomic E-state index is 0.0602. The monoisotopic (exact) mass is 193 g/mol. The van der Waals surface area contributed by atoms with E-state index in [1.165, 1.54) is 0 Å². The summed E-state index contributed by atoms with van der Waals surface area (Å²) in [5.41, 5.74) is 5.55. The van der Waals surface area contributed by atoms with Gasteiger partial charge >= 0.3 is 0 Å². The Bertz CT molecular complexity index is 249. The molecular formula is C7H15NO3S. The van der Waals surface area contributed by atoms with Crippen molar-refractivity contribution in [2.75, 3.05) is 12.4 Å². The summed E-state index contributed by atoms with van der Waals surface area (Å²) in [6, 6.07) is -0.385. The zero-order chi connectivity index (χ0) is 9.35. The molecule has 1 aliphatic rings. The quantitative estimate of drug-likeness (QED) is 0.597. The summed E-state index contributed by atoms with van der Waals surface area (Å²) in [7, 11) is -2.92. The lowest BCUT2D eigenvalue weighted by Crippen LogP contribution is -2.34. The molecule has 0 aromatic heterocycles. The molecule has 1 aliphatic heterocycles. The number of aliphatic hydroxyl groups excluding tert-OH is 1. The van der Waals surface area contributed by atoms with Crippen LogP contribution < -0.4 is 5.73 Å². The van der Waals surface area contributed by atoms with Crippen LogP contribution in [0.2, 0.25) is 0 Å². The molecule has 12 heavy (non-hydrogen) atoms. The summed E-state index contributed by atoms with van der Waals surface area (Å²) in [6.45, 7) is 1.56. The van der Waals surface area contributed by atoms with Crippen LogP contribution in [0.1, 0.15) is 13.3 Å². The van der Waals surface area contributed by atoms with E-state index < -0.39 is 9.84 Å². The van der Waals surface area contributed by atoms with E-state index in [-0.39, 0.29) is 29.6 Å². The van der Waals surface area contributed by atoms with Crippen LogP contribution in [-0.2, 0) is 9.84 Å². The van der Waals surface area contributed by atoms with Crippen molar-refractivity contribution in [1.29, 1.82) is 0 Å². The zero-order valence-electron chi connectivity index (χ0n) is 7.10. The van der Waals surface area contributed by atoms with Gasteiger partial charge in [0.25, 0.3) is 0 Å². The first-order valence-corrected chi connectivity index (χ1v) is 5.77. The van der Waals surface area contributed by atoms with Gasteiger partial charge < -0.3 is 10.8 Å². The fraction of sp³-hybridized carbons (Fsp3) is 1.00. The van der Waals surface area contributed by atoms with Crippen LogP contribution >= 0.6 is 0 Å². The van der Waals surface area contributed by atoms with Crippen molar-refractivity contribution < 1.29 is 13.5 Å². The van der Waals surface area contributed by atoms with E-state index in [2.05, 4.69) is 0 Å². The first kappa shape index (κ1) is 9.95. The second-order valence-corrected chi connectivity index (χ2v) is 5.95. The van der Waals surface area contributed by atoms with E-state index in [0.717, 1.165) is 0 Å².